The first-order valence-corrected chi connectivity index (χ1v) is 7.06. The van der Waals surface area contributed by atoms with Crippen LogP contribution in [0.5, 0.6) is 0 Å². The number of nitrogens with one attached hydrogen (secondary N) is 1. The number of hydrogen-bond donors (Lipinski definition) is 1. The second-order valence-corrected chi connectivity index (χ2v) is 5.26. The third-order valence-electron chi connectivity index (χ3n) is 3.57. The highest BCUT2D eigenvalue weighted by atomic mass is 19.4. The quantitative estimate of drug-likeness (QED) is 0.801. The summed E-state index contributed by atoms with van der Waals surface area (Å²) in [7, 11) is 1.79. The molecule has 0 aliphatic carbocycles. The number of amides is 1. The highest BCUT2D eigenvalue weighted by Gasteiger charge is 2.42. The lowest BCUT2D eigenvalue weighted by Gasteiger charge is -2.21. The first kappa shape index (κ1) is 16.0. The molecule has 24 heavy (non-hydrogen) atoms. The Kier molecular flexibility index (Phi) is 3.96. The Morgan fingerprint density at radius 3 is 2.67 bits per heavy atom. The van der Waals surface area contributed by atoms with Gasteiger partial charge in [0, 0.05) is 18.8 Å². The Hall–Kier alpha value is -2.90. The minimum atomic E-state index is -4.65. The van der Waals surface area contributed by atoms with Crippen LogP contribution in [0, 0.1) is 0 Å². The number of carbonyl (C=O) groups excluding carboxylic acids is 1. The predicted octanol–water partition coefficient (Wildman–Crippen LogP) is 3.00. The monoisotopic (exact) mass is 334 g/mol. The molecule has 1 N–H and O–H groups in total. The van der Waals surface area contributed by atoms with Crippen molar-refractivity contribution in [3.63, 3.8) is 0 Å². The summed E-state index contributed by atoms with van der Waals surface area (Å²) in [6.07, 6.45) is -1.84. The van der Waals surface area contributed by atoms with E-state index in [-0.39, 0.29) is 11.3 Å². The summed E-state index contributed by atoms with van der Waals surface area (Å²) in [5.41, 5.74) is 1.15. The van der Waals surface area contributed by atoms with E-state index in [4.69, 9.17) is 0 Å². The largest absolute Gasteiger partial charge is 0.414 e. The second kappa shape index (κ2) is 5.95. The second-order valence-electron chi connectivity index (χ2n) is 5.26. The Bertz CT molecular complexity index is 874. The fraction of sp³-hybridized carbons (Fsp3) is 0.188. The fourth-order valence-electron chi connectivity index (χ4n) is 2.36. The summed E-state index contributed by atoms with van der Waals surface area (Å²) in [6, 6.07) is 6.55. The summed E-state index contributed by atoms with van der Waals surface area (Å²) >= 11 is 0. The minimum Gasteiger partial charge on any atom is -0.335 e. The third kappa shape index (κ3) is 3.08. The van der Waals surface area contributed by atoms with Crippen molar-refractivity contribution in [2.45, 2.75) is 12.2 Å². The van der Waals surface area contributed by atoms with Gasteiger partial charge in [-0.3, -0.25) is 9.78 Å². The molecule has 1 aromatic carbocycles. The maximum atomic E-state index is 13.3. The van der Waals surface area contributed by atoms with E-state index >= 15 is 0 Å². The zero-order valence-corrected chi connectivity index (χ0v) is 12.6. The van der Waals surface area contributed by atoms with Crippen LogP contribution in [-0.4, -0.2) is 26.6 Å². The molecule has 8 heteroatoms. The molecule has 0 unspecified atom stereocenters. The first-order chi connectivity index (χ1) is 11.4. The Labute approximate surface area is 135 Å². The van der Waals surface area contributed by atoms with Gasteiger partial charge in [-0.05, 0) is 30.3 Å². The van der Waals surface area contributed by atoms with Crippen LogP contribution in [0.3, 0.4) is 0 Å². The molecule has 2 heterocycles. The molecule has 0 saturated carbocycles. The van der Waals surface area contributed by atoms with E-state index in [2.05, 4.69) is 9.97 Å². The number of benzene rings is 1. The molecule has 2 aromatic heterocycles. The zero-order valence-electron chi connectivity index (χ0n) is 12.6. The highest BCUT2D eigenvalue weighted by Crippen LogP contribution is 2.31. The van der Waals surface area contributed by atoms with Gasteiger partial charge in [0.05, 0.1) is 23.1 Å². The first-order valence-electron chi connectivity index (χ1n) is 7.06. The van der Waals surface area contributed by atoms with Gasteiger partial charge in [-0.25, -0.2) is 4.98 Å². The average Bonchev–Trinajstić information content (AvgIpc) is 2.93. The number of carbonyl (C=O) groups is 1. The lowest BCUT2D eigenvalue weighted by molar-refractivity contribution is -0.156. The number of hydrogen-bond acceptors (Lipinski definition) is 3. The lowest BCUT2D eigenvalue weighted by Crippen LogP contribution is -2.38. The molecule has 124 valence electrons. The number of aromatic nitrogens is 3. The number of rotatable bonds is 3. The highest BCUT2D eigenvalue weighted by molar-refractivity contribution is 5.97. The van der Waals surface area contributed by atoms with E-state index < -0.39 is 18.1 Å². The van der Waals surface area contributed by atoms with Gasteiger partial charge in [-0.15, -0.1) is 0 Å². The maximum Gasteiger partial charge on any atom is 0.414 e. The summed E-state index contributed by atoms with van der Waals surface area (Å²) < 4.78 is 41.6. The van der Waals surface area contributed by atoms with Crippen LogP contribution in [0.1, 0.15) is 22.1 Å². The van der Waals surface area contributed by atoms with Crippen LogP contribution in [-0.2, 0) is 7.05 Å². The van der Waals surface area contributed by atoms with Gasteiger partial charge >= 0.3 is 6.18 Å². The van der Waals surface area contributed by atoms with E-state index in [0.29, 0.717) is 5.52 Å². The molecule has 0 aliphatic heterocycles. The van der Waals surface area contributed by atoms with Gasteiger partial charge in [0.1, 0.15) is 0 Å². The van der Waals surface area contributed by atoms with Crippen LogP contribution >= 0.6 is 0 Å². The average molecular weight is 334 g/mol. The molecule has 0 radical (unpaired) electrons. The van der Waals surface area contributed by atoms with E-state index in [1.54, 1.807) is 24.0 Å². The van der Waals surface area contributed by atoms with Gasteiger partial charge in [0.15, 0.2) is 6.04 Å². The number of nitrogens with zero attached hydrogens (tertiary/aromatic N) is 3. The summed E-state index contributed by atoms with van der Waals surface area (Å²) in [5.74, 6) is -0.837. The van der Waals surface area contributed by atoms with Gasteiger partial charge in [0.2, 0.25) is 0 Å². The Morgan fingerprint density at radius 2 is 2.00 bits per heavy atom. The zero-order chi connectivity index (χ0) is 17.3. The van der Waals surface area contributed by atoms with E-state index in [1.807, 2.05) is 5.32 Å². The molecule has 0 aliphatic rings. The molecule has 3 aromatic rings. The van der Waals surface area contributed by atoms with Crippen LogP contribution < -0.4 is 5.32 Å². The molecular weight excluding hydrogens is 321 g/mol. The lowest BCUT2D eigenvalue weighted by atomic mass is 10.1. The number of alkyl halides is 3. The standard InChI is InChI=1S/C16H13F3N4O/c1-23-9-21-12-8-10(5-6-13(12)23)15(24)22-14(16(17,18)19)11-4-2-3-7-20-11/h2-9,14H,1H3,(H,22,24)/t14-/m0/s1. The van der Waals surface area contributed by atoms with Crippen molar-refractivity contribution in [2.24, 2.45) is 7.05 Å². The maximum absolute atomic E-state index is 13.3. The van der Waals surface area contributed by atoms with E-state index in [0.717, 1.165) is 5.52 Å². The number of fused-ring (bicyclic) bond motifs is 1. The summed E-state index contributed by atoms with van der Waals surface area (Å²) in [4.78, 5) is 20.0. The number of aryl methyl sites for hydroxylation is 1. The molecule has 3 rings (SSSR count). The number of pyridine rings is 1. The third-order valence-corrected chi connectivity index (χ3v) is 3.57. The van der Waals surface area contributed by atoms with Crippen molar-refractivity contribution in [3.8, 4) is 0 Å². The van der Waals surface area contributed by atoms with Crippen LogP contribution in [0.25, 0.3) is 11.0 Å². The van der Waals surface area contributed by atoms with Crippen LogP contribution in [0.15, 0.2) is 48.9 Å². The van der Waals surface area contributed by atoms with E-state index in [9.17, 15) is 18.0 Å². The normalized spacial score (nSPS) is 13.0. The van der Waals surface area contributed by atoms with Gasteiger partial charge in [-0.1, -0.05) is 6.07 Å². The number of halogens is 3. The van der Waals surface area contributed by atoms with Gasteiger partial charge in [0.25, 0.3) is 5.91 Å². The van der Waals surface area contributed by atoms with Gasteiger partial charge in [-0.2, -0.15) is 13.2 Å². The molecule has 0 bridgehead atoms. The number of imidazole rings is 1. The smallest absolute Gasteiger partial charge is 0.335 e. The molecule has 0 spiro atoms. The summed E-state index contributed by atoms with van der Waals surface area (Å²) in [6.45, 7) is 0. The molecule has 1 amide bonds. The van der Waals surface area contributed by atoms with Crippen molar-refractivity contribution in [3.05, 3.63) is 60.2 Å². The van der Waals surface area contributed by atoms with Crippen LogP contribution in [0.2, 0.25) is 0 Å². The van der Waals surface area contributed by atoms with Crippen molar-refractivity contribution in [1.82, 2.24) is 19.9 Å². The van der Waals surface area contributed by atoms with Crippen molar-refractivity contribution >= 4 is 16.9 Å². The SMILES string of the molecule is Cn1cnc2cc(C(=O)N[C@@H](c3ccccn3)C(F)(F)F)ccc21. The molecular formula is C16H13F3N4O. The molecule has 0 fully saturated rings. The minimum absolute atomic E-state index is 0.103. The predicted molar refractivity (Wildman–Crippen MR) is 81.2 cm³/mol. The van der Waals surface area contributed by atoms with Crippen LogP contribution in [0.4, 0.5) is 13.2 Å². The Balaban J connectivity index is 1.89. The molecule has 0 saturated heterocycles. The fourth-order valence-corrected chi connectivity index (χ4v) is 2.36. The van der Waals surface area contributed by atoms with E-state index in [1.165, 1.54) is 36.5 Å². The van der Waals surface area contributed by atoms with Crippen molar-refractivity contribution in [2.75, 3.05) is 0 Å². The van der Waals surface area contributed by atoms with Crippen molar-refractivity contribution < 1.29 is 18.0 Å². The molecule has 5 nitrogen and oxygen atoms in total. The summed E-state index contributed by atoms with van der Waals surface area (Å²) in [5, 5.41) is 2.00. The topological polar surface area (TPSA) is 59.8 Å². The van der Waals surface area contributed by atoms with Gasteiger partial charge < -0.3 is 9.88 Å². The molecule has 1 atom stereocenters. The Morgan fingerprint density at radius 1 is 1.21 bits per heavy atom. The van der Waals surface area contributed by atoms with Crippen molar-refractivity contribution in [1.29, 1.82) is 0 Å².